The van der Waals surface area contributed by atoms with Crippen molar-refractivity contribution in [3.05, 3.63) is 36.3 Å². The van der Waals surface area contributed by atoms with Gasteiger partial charge >= 0.3 is 0 Å². The van der Waals surface area contributed by atoms with Crippen molar-refractivity contribution in [3.63, 3.8) is 0 Å². The van der Waals surface area contributed by atoms with Crippen LogP contribution in [0.4, 0.5) is 5.69 Å². The number of hydrogen-bond acceptors (Lipinski definition) is 5. The van der Waals surface area contributed by atoms with E-state index in [-0.39, 0.29) is 5.75 Å². The lowest BCUT2D eigenvalue weighted by Crippen LogP contribution is -2.14. The van der Waals surface area contributed by atoms with E-state index < -0.39 is 0 Å². The van der Waals surface area contributed by atoms with Gasteiger partial charge in [-0.05, 0) is 12.1 Å². The quantitative estimate of drug-likeness (QED) is 0.761. The first-order valence-electron chi connectivity index (χ1n) is 6.34. The van der Waals surface area contributed by atoms with Crippen LogP contribution in [-0.2, 0) is 6.42 Å². The molecule has 4 N–H and O–H groups in total. The van der Waals surface area contributed by atoms with Crippen LogP contribution in [0, 0.1) is 0 Å². The van der Waals surface area contributed by atoms with E-state index in [0.29, 0.717) is 24.3 Å². The predicted molar refractivity (Wildman–Crippen MR) is 76.1 cm³/mol. The van der Waals surface area contributed by atoms with Gasteiger partial charge in [-0.25, -0.2) is 9.97 Å². The molecule has 1 aromatic carbocycles. The summed E-state index contributed by atoms with van der Waals surface area (Å²) in [5.41, 5.74) is 7.68. The first-order valence-corrected chi connectivity index (χ1v) is 6.34. The van der Waals surface area contributed by atoms with E-state index in [2.05, 4.69) is 15.3 Å². The number of nitrogens with one attached hydrogen (secondary N) is 1. The van der Waals surface area contributed by atoms with Gasteiger partial charge in [0.2, 0.25) is 0 Å². The lowest BCUT2D eigenvalue weighted by atomic mass is 10.1. The summed E-state index contributed by atoms with van der Waals surface area (Å²) in [4.78, 5) is 8.77. The zero-order valence-corrected chi connectivity index (χ0v) is 10.9. The molecule has 0 bridgehead atoms. The zero-order chi connectivity index (χ0) is 13.7. The van der Waals surface area contributed by atoms with Crippen LogP contribution >= 0.6 is 0 Å². The third-order valence-electron chi connectivity index (χ3n) is 2.77. The van der Waals surface area contributed by atoms with Crippen molar-refractivity contribution in [2.75, 3.05) is 18.4 Å². The number of para-hydroxylation sites is 1. The van der Waals surface area contributed by atoms with E-state index in [4.69, 9.17) is 5.73 Å². The maximum atomic E-state index is 9.96. The lowest BCUT2D eigenvalue weighted by molar-refractivity contribution is 0.477. The fourth-order valence-electron chi connectivity index (χ4n) is 1.80. The number of hydrogen-bond donors (Lipinski definition) is 3. The molecule has 0 unspecified atom stereocenters. The second-order valence-electron chi connectivity index (χ2n) is 4.13. The molecule has 5 heteroatoms. The molecule has 0 radical (unpaired) electrons. The maximum absolute atomic E-state index is 9.96. The van der Waals surface area contributed by atoms with Gasteiger partial charge in [0, 0.05) is 25.1 Å². The standard InChI is InChI=1S/C14H18N4O/c1-2-13-17-9-11(16-8-7-15)14(18-13)10-5-3-4-6-12(10)19/h3-6,9,16,19H,2,7-8,15H2,1H3. The molecule has 2 aromatic rings. The molecule has 0 saturated carbocycles. The molecular weight excluding hydrogens is 240 g/mol. The van der Waals surface area contributed by atoms with Gasteiger partial charge in [-0.2, -0.15) is 0 Å². The smallest absolute Gasteiger partial charge is 0.128 e. The highest BCUT2D eigenvalue weighted by Crippen LogP contribution is 2.32. The van der Waals surface area contributed by atoms with Crippen molar-refractivity contribution < 1.29 is 5.11 Å². The Morgan fingerprint density at radius 3 is 2.79 bits per heavy atom. The van der Waals surface area contributed by atoms with Crippen molar-refractivity contribution in [1.82, 2.24) is 9.97 Å². The van der Waals surface area contributed by atoms with Crippen LogP contribution in [0.3, 0.4) is 0 Å². The Bertz CT molecular complexity index is 557. The fourth-order valence-corrected chi connectivity index (χ4v) is 1.80. The van der Waals surface area contributed by atoms with Gasteiger partial charge in [0.15, 0.2) is 0 Å². The Morgan fingerprint density at radius 1 is 1.32 bits per heavy atom. The molecular formula is C14H18N4O. The largest absolute Gasteiger partial charge is 0.507 e. The number of anilines is 1. The highest BCUT2D eigenvalue weighted by molar-refractivity contribution is 5.77. The molecule has 0 aliphatic heterocycles. The van der Waals surface area contributed by atoms with Crippen LogP contribution in [0.15, 0.2) is 30.5 Å². The average Bonchev–Trinajstić information content (AvgIpc) is 2.45. The van der Waals surface area contributed by atoms with Crippen LogP contribution in [0.2, 0.25) is 0 Å². The minimum Gasteiger partial charge on any atom is -0.507 e. The Hall–Kier alpha value is -2.14. The minimum absolute atomic E-state index is 0.207. The van der Waals surface area contributed by atoms with Crippen molar-refractivity contribution in [2.24, 2.45) is 5.73 Å². The monoisotopic (exact) mass is 258 g/mol. The van der Waals surface area contributed by atoms with Gasteiger partial charge in [0.05, 0.1) is 11.9 Å². The van der Waals surface area contributed by atoms with Crippen LogP contribution in [0.5, 0.6) is 5.75 Å². The number of phenols is 1. The first-order chi connectivity index (χ1) is 9.26. The number of benzene rings is 1. The molecule has 0 aliphatic carbocycles. The first kappa shape index (κ1) is 13.3. The maximum Gasteiger partial charge on any atom is 0.128 e. The third kappa shape index (κ3) is 3.00. The highest BCUT2D eigenvalue weighted by atomic mass is 16.3. The predicted octanol–water partition coefficient (Wildman–Crippen LogP) is 1.78. The summed E-state index contributed by atoms with van der Waals surface area (Å²) >= 11 is 0. The van der Waals surface area contributed by atoms with Crippen LogP contribution in [-0.4, -0.2) is 28.2 Å². The molecule has 1 heterocycles. The molecule has 5 nitrogen and oxygen atoms in total. The second kappa shape index (κ2) is 6.15. The number of rotatable bonds is 5. The Kier molecular flexibility index (Phi) is 4.30. The van der Waals surface area contributed by atoms with Gasteiger partial charge in [0.1, 0.15) is 17.3 Å². The zero-order valence-electron chi connectivity index (χ0n) is 10.9. The van der Waals surface area contributed by atoms with Crippen LogP contribution < -0.4 is 11.1 Å². The molecule has 0 amide bonds. The van der Waals surface area contributed by atoms with Crippen molar-refractivity contribution in [3.8, 4) is 17.0 Å². The average molecular weight is 258 g/mol. The number of aromatic hydroxyl groups is 1. The summed E-state index contributed by atoms with van der Waals surface area (Å²) in [5.74, 6) is 0.954. The third-order valence-corrected chi connectivity index (χ3v) is 2.77. The van der Waals surface area contributed by atoms with E-state index in [1.807, 2.05) is 19.1 Å². The molecule has 100 valence electrons. The molecule has 0 spiro atoms. The summed E-state index contributed by atoms with van der Waals surface area (Å²) in [5, 5.41) is 13.1. The fraction of sp³-hybridized carbons (Fsp3) is 0.286. The summed E-state index contributed by atoms with van der Waals surface area (Å²) in [6.45, 7) is 3.15. The van der Waals surface area contributed by atoms with Crippen LogP contribution in [0.1, 0.15) is 12.7 Å². The highest BCUT2D eigenvalue weighted by Gasteiger charge is 2.12. The summed E-state index contributed by atoms with van der Waals surface area (Å²) in [6.07, 6.45) is 2.49. The van der Waals surface area contributed by atoms with E-state index in [1.54, 1.807) is 18.3 Å². The minimum atomic E-state index is 0.207. The normalized spacial score (nSPS) is 10.4. The molecule has 2 rings (SSSR count). The number of aryl methyl sites for hydroxylation is 1. The van der Waals surface area contributed by atoms with E-state index in [9.17, 15) is 5.11 Å². The molecule has 0 atom stereocenters. The summed E-state index contributed by atoms with van der Waals surface area (Å²) in [7, 11) is 0. The molecule has 0 saturated heterocycles. The summed E-state index contributed by atoms with van der Waals surface area (Å²) < 4.78 is 0. The molecule has 0 fully saturated rings. The van der Waals surface area contributed by atoms with Gasteiger partial charge in [-0.3, -0.25) is 0 Å². The van der Waals surface area contributed by atoms with E-state index >= 15 is 0 Å². The molecule has 1 aromatic heterocycles. The topological polar surface area (TPSA) is 84.1 Å². The van der Waals surface area contributed by atoms with Crippen molar-refractivity contribution in [1.29, 1.82) is 0 Å². The van der Waals surface area contributed by atoms with Gasteiger partial charge in [-0.1, -0.05) is 19.1 Å². The van der Waals surface area contributed by atoms with Crippen molar-refractivity contribution in [2.45, 2.75) is 13.3 Å². The summed E-state index contributed by atoms with van der Waals surface area (Å²) in [6, 6.07) is 7.14. The van der Waals surface area contributed by atoms with Crippen molar-refractivity contribution >= 4 is 5.69 Å². The number of aromatic nitrogens is 2. The van der Waals surface area contributed by atoms with Gasteiger partial charge in [0.25, 0.3) is 0 Å². The molecule has 19 heavy (non-hydrogen) atoms. The van der Waals surface area contributed by atoms with E-state index in [1.165, 1.54) is 0 Å². The molecule has 0 aliphatic rings. The second-order valence-corrected chi connectivity index (χ2v) is 4.13. The Morgan fingerprint density at radius 2 is 2.11 bits per heavy atom. The lowest BCUT2D eigenvalue weighted by Gasteiger charge is -2.12. The number of phenolic OH excluding ortho intramolecular Hbond substituents is 1. The van der Waals surface area contributed by atoms with E-state index in [0.717, 1.165) is 17.9 Å². The number of nitrogens with zero attached hydrogens (tertiary/aromatic N) is 2. The number of nitrogens with two attached hydrogens (primary N) is 1. The van der Waals surface area contributed by atoms with Gasteiger partial charge < -0.3 is 16.2 Å². The van der Waals surface area contributed by atoms with Crippen LogP contribution in [0.25, 0.3) is 11.3 Å². The Balaban J connectivity index is 2.49. The Labute approximate surface area is 112 Å². The van der Waals surface area contributed by atoms with Gasteiger partial charge in [-0.15, -0.1) is 0 Å². The SMILES string of the molecule is CCc1ncc(NCCN)c(-c2ccccc2O)n1.